The first-order valence-corrected chi connectivity index (χ1v) is 4.90. The van der Waals surface area contributed by atoms with E-state index in [0.717, 1.165) is 5.76 Å². The Morgan fingerprint density at radius 1 is 1.67 bits per heavy atom. The molecule has 0 aliphatic heterocycles. The van der Waals surface area contributed by atoms with Crippen molar-refractivity contribution in [3.8, 4) is 0 Å². The van der Waals surface area contributed by atoms with E-state index in [-0.39, 0.29) is 0 Å². The Kier molecular flexibility index (Phi) is 3.48. The lowest BCUT2D eigenvalue weighted by molar-refractivity contribution is 0.507. The van der Waals surface area contributed by atoms with E-state index in [4.69, 9.17) is 16.0 Å². The van der Waals surface area contributed by atoms with Crippen LogP contribution in [-0.4, -0.2) is 5.17 Å². The monoisotopic (exact) mass is 249 g/mol. The number of hydrogen-bond donors (Lipinski definition) is 2. The van der Waals surface area contributed by atoms with Crippen molar-refractivity contribution in [1.29, 1.82) is 0 Å². The average Bonchev–Trinajstić information content (AvgIpc) is 2.47. The highest BCUT2D eigenvalue weighted by atomic mass is 79.9. The Bertz CT molecular complexity index is 286. The van der Waals surface area contributed by atoms with Crippen LogP contribution in [0.25, 0.3) is 0 Å². The molecule has 1 aromatic heterocycles. The van der Waals surface area contributed by atoms with Gasteiger partial charge in [-0.15, -0.1) is 0 Å². The summed E-state index contributed by atoms with van der Waals surface area (Å²) in [6.07, 6.45) is 0. The SMILES string of the molecule is N/N=C(/N)SCc1ccc(Br)o1. The van der Waals surface area contributed by atoms with E-state index >= 15 is 0 Å². The molecule has 0 amide bonds. The summed E-state index contributed by atoms with van der Waals surface area (Å²) in [6, 6.07) is 3.69. The zero-order valence-corrected chi connectivity index (χ0v) is 8.56. The molecule has 0 radical (unpaired) electrons. The maximum atomic E-state index is 5.36. The minimum atomic E-state index is 0.350. The number of rotatable bonds is 2. The van der Waals surface area contributed by atoms with Gasteiger partial charge in [0.15, 0.2) is 9.84 Å². The van der Waals surface area contributed by atoms with Crippen molar-refractivity contribution in [3.05, 3.63) is 22.6 Å². The number of nitrogens with two attached hydrogens (primary N) is 2. The van der Waals surface area contributed by atoms with Crippen molar-refractivity contribution in [2.24, 2.45) is 16.7 Å². The molecule has 4 nitrogen and oxygen atoms in total. The molecule has 1 rings (SSSR count). The van der Waals surface area contributed by atoms with E-state index in [2.05, 4.69) is 21.0 Å². The summed E-state index contributed by atoms with van der Waals surface area (Å²) < 4.78 is 5.93. The smallest absolute Gasteiger partial charge is 0.177 e. The largest absolute Gasteiger partial charge is 0.453 e. The van der Waals surface area contributed by atoms with Crippen LogP contribution >= 0.6 is 27.7 Å². The molecular formula is C6H8BrN3OS. The molecule has 0 spiro atoms. The van der Waals surface area contributed by atoms with Crippen LogP contribution in [0.4, 0.5) is 0 Å². The molecular weight excluding hydrogens is 242 g/mol. The van der Waals surface area contributed by atoms with Crippen molar-refractivity contribution in [3.63, 3.8) is 0 Å². The first-order chi connectivity index (χ1) is 5.72. The van der Waals surface area contributed by atoms with Gasteiger partial charge < -0.3 is 16.0 Å². The first-order valence-electron chi connectivity index (χ1n) is 3.12. The van der Waals surface area contributed by atoms with Crippen molar-refractivity contribution in [2.75, 3.05) is 0 Å². The summed E-state index contributed by atoms with van der Waals surface area (Å²) in [7, 11) is 0. The van der Waals surface area contributed by atoms with Gasteiger partial charge >= 0.3 is 0 Å². The molecule has 0 bridgehead atoms. The maximum absolute atomic E-state index is 5.36. The number of hydrazone groups is 1. The Morgan fingerprint density at radius 3 is 2.92 bits per heavy atom. The highest BCUT2D eigenvalue weighted by molar-refractivity contribution is 9.10. The van der Waals surface area contributed by atoms with Crippen molar-refractivity contribution in [1.82, 2.24) is 0 Å². The summed E-state index contributed by atoms with van der Waals surface area (Å²) in [4.78, 5) is 0. The van der Waals surface area contributed by atoms with E-state index in [1.807, 2.05) is 12.1 Å². The quantitative estimate of drug-likeness (QED) is 0.360. The van der Waals surface area contributed by atoms with Crippen molar-refractivity contribution in [2.45, 2.75) is 5.75 Å². The lowest BCUT2D eigenvalue weighted by Crippen LogP contribution is -2.09. The van der Waals surface area contributed by atoms with Gasteiger partial charge in [0.25, 0.3) is 0 Å². The van der Waals surface area contributed by atoms with Crippen molar-refractivity contribution >= 4 is 32.9 Å². The molecule has 1 aromatic rings. The van der Waals surface area contributed by atoms with Gasteiger partial charge in [0.05, 0.1) is 5.75 Å². The minimum absolute atomic E-state index is 0.350. The second-order valence-electron chi connectivity index (χ2n) is 1.96. The fourth-order valence-corrected chi connectivity index (χ4v) is 1.47. The summed E-state index contributed by atoms with van der Waals surface area (Å²) in [5, 5.41) is 3.66. The molecule has 0 aromatic carbocycles. The predicted molar refractivity (Wildman–Crippen MR) is 53.5 cm³/mol. The highest BCUT2D eigenvalue weighted by Crippen LogP contribution is 2.18. The zero-order valence-electron chi connectivity index (χ0n) is 6.16. The third-order valence-electron chi connectivity index (χ3n) is 1.12. The fourth-order valence-electron chi connectivity index (χ4n) is 0.612. The minimum Gasteiger partial charge on any atom is -0.453 e. The van der Waals surface area contributed by atoms with E-state index in [9.17, 15) is 0 Å². The van der Waals surface area contributed by atoms with E-state index in [0.29, 0.717) is 15.6 Å². The van der Waals surface area contributed by atoms with E-state index < -0.39 is 0 Å². The molecule has 4 N–H and O–H groups in total. The summed E-state index contributed by atoms with van der Waals surface area (Å²) in [6.45, 7) is 0. The lowest BCUT2D eigenvalue weighted by atomic mass is 10.5. The molecule has 0 fully saturated rings. The Morgan fingerprint density at radius 2 is 2.42 bits per heavy atom. The maximum Gasteiger partial charge on any atom is 0.177 e. The number of thioether (sulfide) groups is 1. The molecule has 0 atom stereocenters. The van der Waals surface area contributed by atoms with Gasteiger partial charge in [0.2, 0.25) is 0 Å². The molecule has 66 valence electrons. The molecule has 0 unspecified atom stereocenters. The van der Waals surface area contributed by atoms with E-state index in [1.165, 1.54) is 11.8 Å². The lowest BCUT2D eigenvalue weighted by Gasteiger charge is -1.94. The second kappa shape index (κ2) is 4.42. The predicted octanol–water partition coefficient (Wildman–Crippen LogP) is 1.46. The number of nitrogens with zero attached hydrogens (tertiary/aromatic N) is 1. The van der Waals surface area contributed by atoms with Gasteiger partial charge in [-0.3, -0.25) is 0 Å². The average molecular weight is 250 g/mol. The first kappa shape index (κ1) is 9.47. The number of hydrogen-bond acceptors (Lipinski definition) is 4. The Hall–Kier alpha value is -0.620. The second-order valence-corrected chi connectivity index (χ2v) is 3.74. The van der Waals surface area contributed by atoms with Crippen LogP contribution in [0.3, 0.4) is 0 Å². The number of amidine groups is 1. The van der Waals surface area contributed by atoms with Gasteiger partial charge in [-0.25, -0.2) is 0 Å². The van der Waals surface area contributed by atoms with Crippen LogP contribution in [0.2, 0.25) is 0 Å². The molecule has 0 aliphatic rings. The van der Waals surface area contributed by atoms with Crippen LogP contribution in [0.1, 0.15) is 5.76 Å². The van der Waals surface area contributed by atoms with Gasteiger partial charge in [-0.05, 0) is 28.1 Å². The molecule has 6 heteroatoms. The van der Waals surface area contributed by atoms with Crippen LogP contribution in [0, 0.1) is 0 Å². The van der Waals surface area contributed by atoms with Crippen molar-refractivity contribution < 1.29 is 4.42 Å². The van der Waals surface area contributed by atoms with Crippen LogP contribution in [0.5, 0.6) is 0 Å². The summed E-state index contributed by atoms with van der Waals surface area (Å²) in [5.41, 5.74) is 5.36. The standard InChI is InChI=1S/C6H8BrN3OS/c7-5-2-1-4(11-5)3-12-6(8)10-9/h1-2H,3,9H2,(H2,8,10). The molecule has 0 saturated carbocycles. The zero-order chi connectivity index (χ0) is 8.97. The molecule has 0 saturated heterocycles. The number of furan rings is 1. The topological polar surface area (TPSA) is 77.5 Å². The third-order valence-corrected chi connectivity index (χ3v) is 2.37. The van der Waals surface area contributed by atoms with E-state index in [1.54, 1.807) is 0 Å². The van der Waals surface area contributed by atoms with Crippen LogP contribution < -0.4 is 11.6 Å². The van der Waals surface area contributed by atoms with Gasteiger partial charge in [-0.1, -0.05) is 11.8 Å². The molecule has 0 aliphatic carbocycles. The Labute approximate surface area is 82.5 Å². The summed E-state index contributed by atoms with van der Waals surface area (Å²) in [5.74, 6) is 6.41. The van der Waals surface area contributed by atoms with Crippen LogP contribution in [-0.2, 0) is 5.75 Å². The Balaban J connectivity index is 2.43. The van der Waals surface area contributed by atoms with Gasteiger partial charge in [0, 0.05) is 0 Å². The van der Waals surface area contributed by atoms with Crippen LogP contribution in [0.15, 0.2) is 26.3 Å². The fraction of sp³-hybridized carbons (Fsp3) is 0.167. The molecule has 1 heterocycles. The number of halogens is 1. The third kappa shape index (κ3) is 2.78. The van der Waals surface area contributed by atoms with Gasteiger partial charge in [-0.2, -0.15) is 5.10 Å². The van der Waals surface area contributed by atoms with Gasteiger partial charge in [0.1, 0.15) is 5.76 Å². The highest BCUT2D eigenvalue weighted by Gasteiger charge is 2.00. The molecule has 12 heavy (non-hydrogen) atoms. The normalized spacial score (nSPS) is 11.9. The summed E-state index contributed by atoms with van der Waals surface area (Å²) >= 11 is 4.53.